The highest BCUT2D eigenvalue weighted by Crippen LogP contribution is 2.61. The van der Waals surface area contributed by atoms with Crippen molar-refractivity contribution in [3.63, 3.8) is 0 Å². The molecule has 2 aliphatic heterocycles. The molecule has 6 nitrogen and oxygen atoms in total. The first-order chi connectivity index (χ1) is 17.7. The molecule has 0 unspecified atom stereocenters. The summed E-state index contributed by atoms with van der Waals surface area (Å²) in [5.41, 5.74) is 2.14. The third-order valence-corrected chi connectivity index (χ3v) is 9.13. The van der Waals surface area contributed by atoms with Crippen molar-refractivity contribution in [3.8, 4) is 0 Å². The number of fused-ring (bicyclic) bond motifs is 2. The molecule has 0 aromatic carbocycles. The first-order valence-electron chi connectivity index (χ1n) is 14.5. The van der Waals surface area contributed by atoms with Gasteiger partial charge in [0, 0.05) is 6.92 Å². The minimum Gasteiger partial charge on any atom is -0.461 e. The Morgan fingerprint density at radius 3 is 2.39 bits per heavy atom. The lowest BCUT2D eigenvalue weighted by atomic mass is 9.60. The number of rotatable bonds is 16. The Morgan fingerprint density at radius 1 is 1.08 bits per heavy atom. The molecular formula is C32H54O6. The lowest BCUT2D eigenvalue weighted by Crippen LogP contribution is -2.42. The van der Waals surface area contributed by atoms with Gasteiger partial charge in [0.15, 0.2) is 0 Å². The number of aliphatic hydroxyl groups is 3. The standard InChI is InChI=1S/C32H54O6/c1-23(15-16-28(35)31(6,36)19-10-12-24(2)21-33)11-8-14-27-30(5,29-17-20-32(27,7)38-29)18-9-13-25(3)22-37-26(4)34/h11-13,27-29,33,35-36H,8-10,14-22H2,1-7H3/b23-11+,24-12+,25-13+/t27-,28+,29-,30-,31+,32+/m1/s1. The Labute approximate surface area is 231 Å². The second-order valence-corrected chi connectivity index (χ2v) is 12.7. The molecule has 3 N–H and O–H groups in total. The molecule has 2 aliphatic rings. The van der Waals surface area contributed by atoms with E-state index in [0.717, 1.165) is 56.1 Å². The van der Waals surface area contributed by atoms with Crippen molar-refractivity contribution in [3.05, 3.63) is 34.9 Å². The summed E-state index contributed by atoms with van der Waals surface area (Å²) in [6, 6.07) is 0. The zero-order valence-electron chi connectivity index (χ0n) is 25.0. The molecule has 2 saturated heterocycles. The highest BCUT2D eigenvalue weighted by atomic mass is 16.5. The number of hydrogen-bond acceptors (Lipinski definition) is 6. The molecule has 2 fully saturated rings. The molecule has 38 heavy (non-hydrogen) atoms. The lowest BCUT2D eigenvalue weighted by molar-refractivity contribution is -0.139. The van der Waals surface area contributed by atoms with E-state index in [0.29, 0.717) is 37.9 Å². The van der Waals surface area contributed by atoms with E-state index < -0.39 is 11.7 Å². The number of esters is 1. The van der Waals surface area contributed by atoms with E-state index in [9.17, 15) is 15.0 Å². The lowest BCUT2D eigenvalue weighted by Gasteiger charge is -2.42. The van der Waals surface area contributed by atoms with Gasteiger partial charge < -0.3 is 24.8 Å². The number of hydrogen-bond donors (Lipinski definition) is 3. The minimum absolute atomic E-state index is 0.0228. The quantitative estimate of drug-likeness (QED) is 0.161. The summed E-state index contributed by atoms with van der Waals surface area (Å²) >= 11 is 0. The van der Waals surface area contributed by atoms with E-state index in [1.807, 2.05) is 19.9 Å². The van der Waals surface area contributed by atoms with Crippen LogP contribution in [0.25, 0.3) is 0 Å². The molecule has 6 atom stereocenters. The van der Waals surface area contributed by atoms with Crippen LogP contribution in [-0.4, -0.2) is 57.9 Å². The number of allylic oxidation sites excluding steroid dienone is 4. The minimum atomic E-state index is -1.14. The Hall–Kier alpha value is -1.47. The number of aliphatic hydroxyl groups excluding tert-OH is 2. The normalized spacial score (nSPS) is 30.4. The first kappa shape index (κ1) is 32.7. The SMILES string of the molecule is CC(=O)OC/C(C)=C/CC[C@]1(C)[C@@H](CC/C=C(\C)CC[C@H](O)[C@@](C)(O)CC/C=C(\C)CO)[C@]2(C)CC[C@H]1O2. The highest BCUT2D eigenvalue weighted by molar-refractivity contribution is 5.66. The zero-order chi connectivity index (χ0) is 28.6. The average molecular weight is 535 g/mol. The van der Waals surface area contributed by atoms with Crippen LogP contribution in [0.2, 0.25) is 0 Å². The maximum Gasteiger partial charge on any atom is 0.302 e. The van der Waals surface area contributed by atoms with Gasteiger partial charge in [-0.15, -0.1) is 0 Å². The van der Waals surface area contributed by atoms with Crippen molar-refractivity contribution in [1.29, 1.82) is 0 Å². The highest BCUT2D eigenvalue weighted by Gasteiger charge is 2.61. The molecule has 0 aliphatic carbocycles. The summed E-state index contributed by atoms with van der Waals surface area (Å²) in [6.07, 6.45) is 14.6. The van der Waals surface area contributed by atoms with E-state index in [2.05, 4.69) is 32.9 Å². The Bertz CT molecular complexity index is 871. The first-order valence-corrected chi connectivity index (χ1v) is 14.5. The van der Waals surface area contributed by atoms with Crippen LogP contribution in [0, 0.1) is 11.3 Å². The van der Waals surface area contributed by atoms with Gasteiger partial charge in [0.1, 0.15) is 6.61 Å². The van der Waals surface area contributed by atoms with Crippen LogP contribution >= 0.6 is 0 Å². The van der Waals surface area contributed by atoms with Gasteiger partial charge in [0.05, 0.1) is 30.0 Å². The van der Waals surface area contributed by atoms with Crippen molar-refractivity contribution in [1.82, 2.24) is 0 Å². The van der Waals surface area contributed by atoms with Crippen LogP contribution in [0.1, 0.15) is 113 Å². The molecule has 0 aromatic rings. The largest absolute Gasteiger partial charge is 0.461 e. The topological polar surface area (TPSA) is 96.2 Å². The van der Waals surface area contributed by atoms with Gasteiger partial charge in [-0.1, -0.05) is 36.3 Å². The average Bonchev–Trinajstić information content (AvgIpc) is 3.34. The molecule has 2 bridgehead atoms. The maximum absolute atomic E-state index is 11.1. The van der Waals surface area contributed by atoms with Gasteiger partial charge in [-0.25, -0.2) is 0 Å². The summed E-state index contributed by atoms with van der Waals surface area (Å²) in [6.45, 7) is 14.2. The molecule has 0 saturated carbocycles. The van der Waals surface area contributed by atoms with Gasteiger partial charge >= 0.3 is 5.97 Å². The van der Waals surface area contributed by atoms with Crippen LogP contribution < -0.4 is 0 Å². The fourth-order valence-corrected chi connectivity index (χ4v) is 6.49. The molecule has 0 amide bonds. The predicted molar refractivity (Wildman–Crippen MR) is 153 cm³/mol. The monoisotopic (exact) mass is 534 g/mol. The van der Waals surface area contributed by atoms with Crippen molar-refractivity contribution >= 4 is 5.97 Å². The van der Waals surface area contributed by atoms with E-state index in [1.165, 1.54) is 12.5 Å². The van der Waals surface area contributed by atoms with Gasteiger partial charge in [0.2, 0.25) is 0 Å². The number of carbonyl (C=O) groups excluding carboxylic acids is 1. The van der Waals surface area contributed by atoms with E-state index in [-0.39, 0.29) is 23.6 Å². The molecule has 0 aromatic heterocycles. The van der Waals surface area contributed by atoms with E-state index in [4.69, 9.17) is 14.6 Å². The molecule has 2 rings (SSSR count). The van der Waals surface area contributed by atoms with Crippen molar-refractivity contribution in [2.75, 3.05) is 13.2 Å². The van der Waals surface area contributed by atoms with Gasteiger partial charge in [-0.2, -0.15) is 0 Å². The van der Waals surface area contributed by atoms with Crippen LogP contribution in [-0.2, 0) is 14.3 Å². The molecule has 2 heterocycles. The Balaban J connectivity index is 1.88. The van der Waals surface area contributed by atoms with Crippen LogP contribution in [0.15, 0.2) is 34.9 Å². The Morgan fingerprint density at radius 2 is 1.74 bits per heavy atom. The summed E-state index contributed by atoms with van der Waals surface area (Å²) in [5.74, 6) is 0.242. The van der Waals surface area contributed by atoms with Gasteiger partial charge in [-0.3, -0.25) is 4.79 Å². The zero-order valence-corrected chi connectivity index (χ0v) is 25.0. The second kappa shape index (κ2) is 14.2. The fraction of sp³-hybridized carbons (Fsp3) is 0.781. The van der Waals surface area contributed by atoms with E-state index in [1.54, 1.807) is 6.92 Å². The van der Waals surface area contributed by atoms with Crippen LogP contribution in [0.3, 0.4) is 0 Å². The fourth-order valence-electron chi connectivity index (χ4n) is 6.49. The maximum atomic E-state index is 11.1. The number of carbonyl (C=O) groups is 1. The van der Waals surface area contributed by atoms with Crippen LogP contribution in [0.4, 0.5) is 0 Å². The molecule has 6 heteroatoms. The third kappa shape index (κ3) is 9.04. The number of ether oxygens (including phenoxy) is 2. The smallest absolute Gasteiger partial charge is 0.302 e. The summed E-state index contributed by atoms with van der Waals surface area (Å²) in [7, 11) is 0. The molecule has 218 valence electrons. The van der Waals surface area contributed by atoms with E-state index >= 15 is 0 Å². The van der Waals surface area contributed by atoms with Crippen LogP contribution in [0.5, 0.6) is 0 Å². The molecular weight excluding hydrogens is 480 g/mol. The summed E-state index contributed by atoms with van der Waals surface area (Å²) < 4.78 is 11.7. The predicted octanol–water partition coefficient (Wildman–Crippen LogP) is 6.19. The molecule has 0 radical (unpaired) electrons. The summed E-state index contributed by atoms with van der Waals surface area (Å²) in [4.78, 5) is 11.1. The Kier molecular flexibility index (Phi) is 12.3. The van der Waals surface area contributed by atoms with Crippen molar-refractivity contribution in [2.45, 2.75) is 136 Å². The molecule has 0 spiro atoms. The van der Waals surface area contributed by atoms with Crippen molar-refractivity contribution in [2.24, 2.45) is 11.3 Å². The van der Waals surface area contributed by atoms with Gasteiger partial charge in [-0.05, 0) is 116 Å². The van der Waals surface area contributed by atoms with Crippen molar-refractivity contribution < 1.29 is 29.6 Å². The van der Waals surface area contributed by atoms with Gasteiger partial charge in [0.25, 0.3) is 0 Å². The summed E-state index contributed by atoms with van der Waals surface area (Å²) in [5, 5.41) is 30.4. The second-order valence-electron chi connectivity index (χ2n) is 12.7. The third-order valence-electron chi connectivity index (χ3n) is 9.13.